The van der Waals surface area contributed by atoms with Crippen LogP contribution in [0.15, 0.2) is 18.5 Å². The highest BCUT2D eigenvalue weighted by molar-refractivity contribution is 7.99. The number of carboxylic acid groups (broad SMARTS) is 1. The first-order chi connectivity index (χ1) is 6.77. The third kappa shape index (κ3) is 1.72. The summed E-state index contributed by atoms with van der Waals surface area (Å²) in [6, 6.07) is 1.80. The average Bonchev–Trinajstić information content (AvgIpc) is 2.68. The van der Waals surface area contributed by atoms with Crippen molar-refractivity contribution in [2.75, 3.05) is 17.4 Å². The van der Waals surface area contributed by atoms with Gasteiger partial charge in [0.15, 0.2) is 0 Å². The fraction of sp³-hybridized carbons (Fsp3) is 0.286. The predicted molar refractivity (Wildman–Crippen MR) is 51.7 cm³/mol. The van der Waals surface area contributed by atoms with Gasteiger partial charge in [0.2, 0.25) is 0 Å². The maximum atomic E-state index is 10.6. The van der Waals surface area contributed by atoms with Gasteiger partial charge in [-0.2, -0.15) is 10.2 Å². The molecule has 74 valence electrons. The molecular formula is C7H8N4O2S. The van der Waals surface area contributed by atoms with Crippen molar-refractivity contribution < 1.29 is 9.90 Å². The van der Waals surface area contributed by atoms with Crippen LogP contribution in [0.1, 0.15) is 0 Å². The van der Waals surface area contributed by atoms with E-state index < -0.39 is 6.09 Å². The molecule has 1 aliphatic heterocycles. The highest BCUT2D eigenvalue weighted by atomic mass is 32.2. The lowest BCUT2D eigenvalue weighted by Gasteiger charge is -2.14. The number of amides is 1. The van der Waals surface area contributed by atoms with E-state index in [-0.39, 0.29) is 0 Å². The Hall–Kier alpha value is -1.50. The van der Waals surface area contributed by atoms with E-state index in [2.05, 4.69) is 10.2 Å². The minimum absolute atomic E-state index is 0.502. The van der Waals surface area contributed by atoms with Crippen LogP contribution in [0, 0.1) is 0 Å². The van der Waals surface area contributed by atoms with Crippen LogP contribution in [0.25, 0.3) is 0 Å². The van der Waals surface area contributed by atoms with Crippen molar-refractivity contribution >= 4 is 23.9 Å². The number of rotatable bonds is 1. The van der Waals surface area contributed by atoms with Crippen LogP contribution < -0.4 is 4.31 Å². The molecule has 0 saturated carbocycles. The molecule has 0 atom stereocenters. The Kier molecular flexibility index (Phi) is 2.40. The Balaban J connectivity index is 2.06. The second kappa shape index (κ2) is 3.70. The summed E-state index contributed by atoms with van der Waals surface area (Å²) in [5, 5.41) is 16.1. The number of anilines is 1. The van der Waals surface area contributed by atoms with Gasteiger partial charge in [0.05, 0.1) is 43.3 Å². The molecule has 1 N–H and O–H groups in total. The second-order valence-corrected chi connectivity index (χ2v) is 3.71. The summed E-state index contributed by atoms with van der Waals surface area (Å²) < 4.78 is 3.14. The molecule has 2 rings (SSSR count). The molecule has 1 saturated heterocycles. The first-order valence-corrected chi connectivity index (χ1v) is 4.73. The molecule has 0 aromatic carbocycles. The van der Waals surface area contributed by atoms with Crippen molar-refractivity contribution in [2.24, 2.45) is 0 Å². The fourth-order valence-electron chi connectivity index (χ4n) is 1.12. The summed E-state index contributed by atoms with van der Waals surface area (Å²) >= 11 is 1.17. The molecule has 1 amide bonds. The number of nitrogens with zero attached hydrogens (tertiary/aromatic N) is 4. The van der Waals surface area contributed by atoms with Crippen LogP contribution in [0.5, 0.6) is 0 Å². The Morgan fingerprint density at radius 2 is 2.36 bits per heavy atom. The van der Waals surface area contributed by atoms with E-state index in [0.29, 0.717) is 13.1 Å². The zero-order valence-electron chi connectivity index (χ0n) is 7.20. The van der Waals surface area contributed by atoms with E-state index in [1.807, 2.05) is 4.31 Å². The van der Waals surface area contributed by atoms with Crippen LogP contribution in [-0.2, 0) is 0 Å². The quantitative estimate of drug-likeness (QED) is 0.696. The molecule has 2 heterocycles. The van der Waals surface area contributed by atoms with Gasteiger partial charge < -0.3 is 5.11 Å². The number of hydrogen-bond acceptors (Lipinski definition) is 5. The zero-order valence-corrected chi connectivity index (χ0v) is 8.02. The van der Waals surface area contributed by atoms with Gasteiger partial charge in [-0.3, -0.25) is 4.31 Å². The van der Waals surface area contributed by atoms with Gasteiger partial charge in [-0.1, -0.05) is 0 Å². The molecule has 0 bridgehead atoms. The molecule has 1 aromatic rings. The topological polar surface area (TPSA) is 69.6 Å². The Bertz CT molecular complexity index is 334. The summed E-state index contributed by atoms with van der Waals surface area (Å²) in [4.78, 5) is 10.6. The molecule has 0 unspecified atom stereocenters. The van der Waals surface area contributed by atoms with Crippen molar-refractivity contribution in [1.29, 1.82) is 0 Å². The normalized spacial score (nSPS) is 16.0. The number of aromatic nitrogens is 2. The maximum Gasteiger partial charge on any atom is 0.418 e. The molecule has 0 aliphatic carbocycles. The van der Waals surface area contributed by atoms with Crippen LogP contribution in [0.2, 0.25) is 0 Å². The van der Waals surface area contributed by atoms with E-state index in [0.717, 1.165) is 5.69 Å². The van der Waals surface area contributed by atoms with Crippen molar-refractivity contribution in [1.82, 2.24) is 14.5 Å². The summed E-state index contributed by atoms with van der Waals surface area (Å²) in [6.45, 7) is 1.17. The first kappa shape index (κ1) is 9.07. The highest BCUT2D eigenvalue weighted by Crippen LogP contribution is 2.28. The standard InChI is InChI=1S/C7H8N4O2S/c12-7(13)11-4-3-10(14-11)6-1-2-8-9-5-6/h1-2,5H,3-4H2,(H,12,13). The molecule has 14 heavy (non-hydrogen) atoms. The van der Waals surface area contributed by atoms with Crippen LogP contribution in [0.3, 0.4) is 0 Å². The van der Waals surface area contributed by atoms with Crippen LogP contribution in [-0.4, -0.2) is 38.8 Å². The summed E-state index contributed by atoms with van der Waals surface area (Å²) in [6.07, 6.45) is 2.28. The first-order valence-electron chi connectivity index (χ1n) is 4.00. The predicted octanol–water partition coefficient (Wildman–Crippen LogP) is 0.840. The van der Waals surface area contributed by atoms with Gasteiger partial charge in [0, 0.05) is 0 Å². The van der Waals surface area contributed by atoms with Gasteiger partial charge >= 0.3 is 6.09 Å². The Labute approximate surface area is 84.8 Å². The van der Waals surface area contributed by atoms with E-state index in [9.17, 15) is 4.79 Å². The number of carbonyl (C=O) groups is 1. The van der Waals surface area contributed by atoms with Crippen molar-refractivity contribution in [3.63, 3.8) is 0 Å². The van der Waals surface area contributed by atoms with Gasteiger partial charge in [-0.05, 0) is 6.07 Å². The Morgan fingerprint density at radius 3 is 2.93 bits per heavy atom. The van der Waals surface area contributed by atoms with Crippen molar-refractivity contribution in [3.8, 4) is 0 Å². The smallest absolute Gasteiger partial charge is 0.418 e. The third-order valence-corrected chi connectivity index (χ3v) is 2.90. The molecular weight excluding hydrogens is 204 g/mol. The number of hydrogen-bond donors (Lipinski definition) is 1. The zero-order chi connectivity index (χ0) is 9.97. The maximum absolute atomic E-state index is 10.6. The van der Waals surface area contributed by atoms with Crippen LogP contribution >= 0.6 is 12.1 Å². The SMILES string of the molecule is O=C(O)N1CCN(c2ccnnc2)S1. The molecule has 1 aromatic heterocycles. The largest absolute Gasteiger partial charge is 0.464 e. The Morgan fingerprint density at radius 1 is 1.50 bits per heavy atom. The summed E-state index contributed by atoms with van der Waals surface area (Å²) in [7, 11) is 0. The van der Waals surface area contributed by atoms with E-state index in [4.69, 9.17) is 5.11 Å². The van der Waals surface area contributed by atoms with Crippen molar-refractivity contribution in [2.45, 2.75) is 0 Å². The molecule has 6 nitrogen and oxygen atoms in total. The summed E-state index contributed by atoms with van der Waals surface area (Å²) in [5.41, 5.74) is 0.869. The lowest BCUT2D eigenvalue weighted by molar-refractivity contribution is 0.177. The van der Waals surface area contributed by atoms with Gasteiger partial charge in [0.1, 0.15) is 0 Å². The minimum atomic E-state index is -0.917. The van der Waals surface area contributed by atoms with Gasteiger partial charge in [-0.25, -0.2) is 9.10 Å². The molecule has 0 radical (unpaired) electrons. The van der Waals surface area contributed by atoms with Gasteiger partial charge in [0.25, 0.3) is 0 Å². The molecule has 1 fully saturated rings. The lowest BCUT2D eigenvalue weighted by atomic mass is 10.4. The van der Waals surface area contributed by atoms with Crippen LogP contribution in [0.4, 0.5) is 10.5 Å². The monoisotopic (exact) mass is 212 g/mol. The third-order valence-electron chi connectivity index (χ3n) is 1.77. The second-order valence-electron chi connectivity index (χ2n) is 2.67. The van der Waals surface area contributed by atoms with Crippen molar-refractivity contribution in [3.05, 3.63) is 18.5 Å². The van der Waals surface area contributed by atoms with E-state index in [1.165, 1.54) is 16.4 Å². The summed E-state index contributed by atoms with van der Waals surface area (Å²) in [5.74, 6) is 0. The van der Waals surface area contributed by atoms with E-state index >= 15 is 0 Å². The molecule has 7 heteroatoms. The fourth-order valence-corrected chi connectivity index (χ4v) is 1.96. The highest BCUT2D eigenvalue weighted by Gasteiger charge is 2.25. The molecule has 1 aliphatic rings. The van der Waals surface area contributed by atoms with Gasteiger partial charge in [-0.15, -0.1) is 0 Å². The van der Waals surface area contributed by atoms with E-state index in [1.54, 1.807) is 18.5 Å². The molecule has 0 spiro atoms. The average molecular weight is 212 g/mol. The minimum Gasteiger partial charge on any atom is -0.464 e. The lowest BCUT2D eigenvalue weighted by Crippen LogP contribution is -2.19.